The molecule has 0 N–H and O–H groups in total. The summed E-state index contributed by atoms with van der Waals surface area (Å²) in [4.78, 5) is 13.5. The lowest BCUT2D eigenvalue weighted by Crippen LogP contribution is -2.16. The Hall–Kier alpha value is -0.370. The zero-order chi connectivity index (χ0) is 10.5. The molecule has 0 unspecified atom stereocenters. The largest absolute Gasteiger partial charge is 0.309 e. The number of ketones is 1. The molecule has 2 heteroatoms. The van der Waals surface area contributed by atoms with Gasteiger partial charge in [0.25, 0.3) is 0 Å². The van der Waals surface area contributed by atoms with Crippen LogP contribution in [0.4, 0.5) is 0 Å². The molecule has 0 amide bonds. The molecule has 0 aromatic heterocycles. The lowest BCUT2D eigenvalue weighted by molar-refractivity contribution is -0.120. The third-order valence-electron chi connectivity index (χ3n) is 1.79. The quantitative estimate of drug-likeness (QED) is 0.655. The van der Waals surface area contributed by atoms with Crippen molar-refractivity contribution in [2.24, 2.45) is 5.41 Å². The minimum Gasteiger partial charge on any atom is -0.309 e. The van der Waals surface area contributed by atoms with Gasteiger partial charge in [-0.1, -0.05) is 20.8 Å². The number of nitrogens with zero attached hydrogens (tertiary/aromatic N) is 1. The SMILES string of the molecule is CN(C)CCCC(=O)CC(C)(C)C. The predicted octanol–water partition coefficient (Wildman–Crippen LogP) is 2.33. The van der Waals surface area contributed by atoms with Crippen LogP contribution in [0.2, 0.25) is 0 Å². The number of rotatable bonds is 5. The predicted molar refractivity (Wildman–Crippen MR) is 56.9 cm³/mol. The lowest BCUT2D eigenvalue weighted by atomic mass is 9.89. The first kappa shape index (κ1) is 12.6. The van der Waals surface area contributed by atoms with Crippen molar-refractivity contribution in [2.45, 2.75) is 40.0 Å². The fourth-order valence-electron chi connectivity index (χ4n) is 1.27. The van der Waals surface area contributed by atoms with Gasteiger partial charge in [0.2, 0.25) is 0 Å². The van der Waals surface area contributed by atoms with Gasteiger partial charge < -0.3 is 4.90 Å². The Morgan fingerprint density at radius 2 is 1.77 bits per heavy atom. The molecular weight excluding hydrogens is 162 g/mol. The van der Waals surface area contributed by atoms with Crippen LogP contribution in [0.1, 0.15) is 40.0 Å². The number of hydrogen-bond donors (Lipinski definition) is 0. The zero-order valence-corrected chi connectivity index (χ0v) is 9.68. The van der Waals surface area contributed by atoms with Gasteiger partial charge in [-0.25, -0.2) is 0 Å². The van der Waals surface area contributed by atoms with E-state index in [1.54, 1.807) is 0 Å². The Morgan fingerprint density at radius 3 is 2.15 bits per heavy atom. The highest BCUT2D eigenvalue weighted by molar-refractivity contribution is 5.78. The standard InChI is InChI=1S/C11H23NO/c1-11(2,3)9-10(13)7-6-8-12(4)5/h6-9H2,1-5H3. The molecule has 78 valence electrons. The van der Waals surface area contributed by atoms with Gasteiger partial charge in [0, 0.05) is 12.8 Å². The molecule has 13 heavy (non-hydrogen) atoms. The van der Waals surface area contributed by atoms with Crippen LogP contribution in [0.15, 0.2) is 0 Å². The van der Waals surface area contributed by atoms with Gasteiger partial charge >= 0.3 is 0 Å². The van der Waals surface area contributed by atoms with Crippen molar-refractivity contribution in [2.75, 3.05) is 20.6 Å². The van der Waals surface area contributed by atoms with E-state index in [2.05, 4.69) is 25.7 Å². The van der Waals surface area contributed by atoms with Crippen LogP contribution in [0.25, 0.3) is 0 Å². The zero-order valence-electron chi connectivity index (χ0n) is 9.68. The maximum Gasteiger partial charge on any atom is 0.133 e. The number of carbonyl (C=O) groups is 1. The molecular formula is C11H23NO. The van der Waals surface area contributed by atoms with E-state index >= 15 is 0 Å². The van der Waals surface area contributed by atoms with Gasteiger partial charge in [-0.05, 0) is 32.5 Å². The van der Waals surface area contributed by atoms with Crippen molar-refractivity contribution in [3.63, 3.8) is 0 Å². The fraction of sp³-hybridized carbons (Fsp3) is 0.909. The summed E-state index contributed by atoms with van der Waals surface area (Å²) in [6.45, 7) is 7.33. The second-order valence-corrected chi connectivity index (χ2v) is 5.18. The smallest absolute Gasteiger partial charge is 0.133 e. The molecule has 0 spiro atoms. The Kier molecular flexibility index (Phi) is 5.23. The van der Waals surface area contributed by atoms with Crippen molar-refractivity contribution in [1.29, 1.82) is 0 Å². The Labute approximate surface area is 82.3 Å². The lowest BCUT2D eigenvalue weighted by Gasteiger charge is -2.17. The van der Waals surface area contributed by atoms with Gasteiger partial charge in [0.1, 0.15) is 5.78 Å². The van der Waals surface area contributed by atoms with Crippen LogP contribution in [-0.4, -0.2) is 31.3 Å². The van der Waals surface area contributed by atoms with E-state index in [9.17, 15) is 4.79 Å². The van der Waals surface area contributed by atoms with Crippen molar-refractivity contribution in [3.05, 3.63) is 0 Å². The van der Waals surface area contributed by atoms with Crippen LogP contribution < -0.4 is 0 Å². The molecule has 0 fully saturated rings. The van der Waals surface area contributed by atoms with E-state index in [4.69, 9.17) is 0 Å². The highest BCUT2D eigenvalue weighted by atomic mass is 16.1. The summed E-state index contributed by atoms with van der Waals surface area (Å²) in [5, 5.41) is 0. The summed E-state index contributed by atoms with van der Waals surface area (Å²) in [5.41, 5.74) is 0.148. The van der Waals surface area contributed by atoms with Gasteiger partial charge in [-0.15, -0.1) is 0 Å². The molecule has 0 bridgehead atoms. The monoisotopic (exact) mass is 185 g/mol. The molecule has 2 nitrogen and oxygen atoms in total. The summed E-state index contributed by atoms with van der Waals surface area (Å²) >= 11 is 0. The minimum absolute atomic E-state index is 0.148. The maximum absolute atomic E-state index is 11.4. The molecule has 0 aliphatic carbocycles. The minimum atomic E-state index is 0.148. The third-order valence-corrected chi connectivity index (χ3v) is 1.79. The van der Waals surface area contributed by atoms with Crippen molar-refractivity contribution in [3.8, 4) is 0 Å². The molecule has 0 radical (unpaired) electrons. The molecule has 0 aliphatic rings. The van der Waals surface area contributed by atoms with Crippen molar-refractivity contribution in [1.82, 2.24) is 4.90 Å². The van der Waals surface area contributed by atoms with E-state index in [0.29, 0.717) is 12.2 Å². The molecule has 0 saturated heterocycles. The van der Waals surface area contributed by atoms with Crippen molar-refractivity contribution >= 4 is 5.78 Å². The van der Waals surface area contributed by atoms with Crippen LogP contribution >= 0.6 is 0 Å². The first-order valence-electron chi connectivity index (χ1n) is 4.98. The molecule has 0 aromatic rings. The van der Waals surface area contributed by atoms with E-state index in [0.717, 1.165) is 19.4 Å². The second-order valence-electron chi connectivity index (χ2n) is 5.18. The van der Waals surface area contributed by atoms with E-state index in [1.807, 2.05) is 14.1 Å². The van der Waals surface area contributed by atoms with Gasteiger partial charge in [-0.3, -0.25) is 4.79 Å². The number of Topliss-reactive ketones (excluding diaryl/α,β-unsaturated/α-hetero) is 1. The fourth-order valence-corrected chi connectivity index (χ4v) is 1.27. The van der Waals surface area contributed by atoms with E-state index < -0.39 is 0 Å². The topological polar surface area (TPSA) is 20.3 Å². The Morgan fingerprint density at radius 1 is 1.23 bits per heavy atom. The Balaban J connectivity index is 3.53. The van der Waals surface area contributed by atoms with Crippen LogP contribution in [0.5, 0.6) is 0 Å². The third kappa shape index (κ3) is 9.54. The molecule has 0 saturated carbocycles. The second kappa shape index (κ2) is 5.38. The van der Waals surface area contributed by atoms with Gasteiger partial charge in [0.05, 0.1) is 0 Å². The molecule has 0 aromatic carbocycles. The molecule has 0 heterocycles. The summed E-state index contributed by atoms with van der Waals surface area (Å²) in [5.74, 6) is 0.398. The van der Waals surface area contributed by atoms with E-state index in [1.165, 1.54) is 0 Å². The first-order chi connectivity index (χ1) is 5.81. The van der Waals surface area contributed by atoms with E-state index in [-0.39, 0.29) is 5.41 Å². The molecule has 0 rings (SSSR count). The van der Waals surface area contributed by atoms with Crippen LogP contribution in [-0.2, 0) is 4.79 Å². The molecule has 0 atom stereocenters. The first-order valence-corrected chi connectivity index (χ1v) is 4.98. The number of carbonyl (C=O) groups excluding carboxylic acids is 1. The summed E-state index contributed by atoms with van der Waals surface area (Å²) in [6, 6.07) is 0. The summed E-state index contributed by atoms with van der Waals surface area (Å²) in [7, 11) is 4.07. The van der Waals surface area contributed by atoms with Gasteiger partial charge in [-0.2, -0.15) is 0 Å². The average molecular weight is 185 g/mol. The van der Waals surface area contributed by atoms with Crippen LogP contribution in [0.3, 0.4) is 0 Å². The summed E-state index contributed by atoms with van der Waals surface area (Å²) < 4.78 is 0. The van der Waals surface area contributed by atoms with Crippen molar-refractivity contribution < 1.29 is 4.79 Å². The highest BCUT2D eigenvalue weighted by Gasteiger charge is 2.15. The highest BCUT2D eigenvalue weighted by Crippen LogP contribution is 2.19. The molecule has 0 aliphatic heterocycles. The average Bonchev–Trinajstić information content (AvgIpc) is 1.81. The normalized spacial score (nSPS) is 12.2. The maximum atomic E-state index is 11.4. The van der Waals surface area contributed by atoms with Crippen LogP contribution in [0, 0.1) is 5.41 Å². The number of hydrogen-bond acceptors (Lipinski definition) is 2. The Bertz CT molecular complexity index is 156. The summed E-state index contributed by atoms with van der Waals surface area (Å²) in [6.07, 6.45) is 2.43. The van der Waals surface area contributed by atoms with Gasteiger partial charge in [0.15, 0.2) is 0 Å².